The van der Waals surface area contributed by atoms with Crippen LogP contribution in [-0.4, -0.2) is 37.0 Å². The van der Waals surface area contributed by atoms with Crippen LogP contribution < -0.4 is 28.7 Å². The molecule has 0 N–H and O–H groups in total. The molecular weight excluding hydrogens is 465 g/mol. The number of nitrogens with zero attached hydrogens (tertiary/aromatic N) is 1. The summed E-state index contributed by atoms with van der Waals surface area (Å²) in [4.78, 5) is 11.6. The van der Waals surface area contributed by atoms with Gasteiger partial charge in [0.2, 0.25) is 5.69 Å². The molecule has 0 radical (unpaired) electrons. The van der Waals surface area contributed by atoms with Crippen LogP contribution in [0.4, 0.5) is 5.69 Å². The van der Waals surface area contributed by atoms with Crippen LogP contribution in [0, 0.1) is 0 Å². The second kappa shape index (κ2) is 8.90. The van der Waals surface area contributed by atoms with Crippen molar-refractivity contribution in [1.82, 2.24) is 0 Å². The van der Waals surface area contributed by atoms with Crippen LogP contribution in [0.3, 0.4) is 0 Å². The summed E-state index contributed by atoms with van der Waals surface area (Å²) in [6.45, 7) is 7.11. The molecule has 1 aliphatic heterocycles. The van der Waals surface area contributed by atoms with E-state index in [9.17, 15) is 4.79 Å². The van der Waals surface area contributed by atoms with Gasteiger partial charge in [-0.1, -0.05) is 12.1 Å². The molecule has 0 atom stereocenters. The van der Waals surface area contributed by atoms with Crippen molar-refractivity contribution in [1.29, 1.82) is 0 Å². The SMILES string of the molecule is CCOc1ccc2c(c1)[N+](C)=C(/C=C/c1ccc(C(=O)OC)cc1)C2(C)C.[I-]. The maximum atomic E-state index is 11.6. The number of carbonyl (C=O) groups excluding carboxylic acids is 1. The lowest BCUT2D eigenvalue weighted by molar-refractivity contribution is -0.401. The fraction of sp³-hybridized carbons (Fsp3) is 0.304. The summed E-state index contributed by atoms with van der Waals surface area (Å²) in [6.07, 6.45) is 4.22. The molecule has 0 fully saturated rings. The van der Waals surface area contributed by atoms with E-state index in [2.05, 4.69) is 49.8 Å². The number of esters is 1. The van der Waals surface area contributed by atoms with E-state index >= 15 is 0 Å². The number of hydrogen-bond donors (Lipinski definition) is 0. The van der Waals surface area contributed by atoms with Crippen LogP contribution in [0.2, 0.25) is 0 Å². The molecule has 28 heavy (non-hydrogen) atoms. The van der Waals surface area contributed by atoms with E-state index in [4.69, 9.17) is 9.47 Å². The van der Waals surface area contributed by atoms with Crippen molar-refractivity contribution in [2.24, 2.45) is 0 Å². The van der Waals surface area contributed by atoms with Gasteiger partial charge in [0.15, 0.2) is 5.71 Å². The molecule has 5 heteroatoms. The Kier molecular flexibility index (Phi) is 7.04. The van der Waals surface area contributed by atoms with Gasteiger partial charge in [0.1, 0.15) is 12.8 Å². The Balaban J connectivity index is 0.00000280. The lowest BCUT2D eigenvalue weighted by Gasteiger charge is -2.15. The van der Waals surface area contributed by atoms with Gasteiger partial charge >= 0.3 is 5.97 Å². The lowest BCUT2D eigenvalue weighted by atomic mass is 9.81. The molecule has 2 aromatic rings. The van der Waals surface area contributed by atoms with E-state index in [1.165, 1.54) is 24.1 Å². The number of ether oxygens (including phenoxy) is 2. The van der Waals surface area contributed by atoms with Gasteiger partial charge in [0.25, 0.3) is 0 Å². The van der Waals surface area contributed by atoms with Crippen molar-refractivity contribution in [2.75, 3.05) is 20.8 Å². The van der Waals surface area contributed by atoms with Crippen LogP contribution in [0.5, 0.6) is 5.75 Å². The number of fused-ring (bicyclic) bond motifs is 1. The minimum absolute atomic E-state index is 0. The standard InChI is InChI=1S/C23H26NO3.HI/c1-6-27-18-12-13-19-20(15-18)24(4)21(23(19,2)3)14-9-16-7-10-17(11-8-16)22(25)26-5;/h7-15H,6H2,1-5H3;1H/q+1;/p-1/b14-9+;. The lowest BCUT2D eigenvalue weighted by Crippen LogP contribution is -3.00. The van der Waals surface area contributed by atoms with Crippen molar-refractivity contribution in [3.05, 3.63) is 65.2 Å². The van der Waals surface area contributed by atoms with Crippen molar-refractivity contribution >= 4 is 23.4 Å². The van der Waals surface area contributed by atoms with Gasteiger partial charge in [-0.3, -0.25) is 0 Å². The highest BCUT2D eigenvalue weighted by Gasteiger charge is 2.43. The number of allylic oxidation sites excluding steroid dienone is 1. The maximum absolute atomic E-state index is 11.6. The Labute approximate surface area is 183 Å². The van der Waals surface area contributed by atoms with Crippen LogP contribution >= 0.6 is 0 Å². The Morgan fingerprint density at radius 3 is 2.39 bits per heavy atom. The molecule has 0 spiro atoms. The van der Waals surface area contributed by atoms with Gasteiger partial charge < -0.3 is 33.5 Å². The third-order valence-electron chi connectivity index (χ3n) is 5.08. The predicted molar refractivity (Wildman–Crippen MR) is 108 cm³/mol. The highest BCUT2D eigenvalue weighted by Crippen LogP contribution is 2.41. The molecule has 1 heterocycles. The summed E-state index contributed by atoms with van der Waals surface area (Å²) >= 11 is 0. The number of benzene rings is 2. The van der Waals surface area contributed by atoms with Gasteiger partial charge in [0.05, 0.1) is 30.8 Å². The van der Waals surface area contributed by atoms with Crippen molar-refractivity contribution in [3.63, 3.8) is 0 Å². The molecule has 1 aliphatic rings. The first-order chi connectivity index (χ1) is 12.9. The first-order valence-electron chi connectivity index (χ1n) is 9.13. The molecule has 0 saturated heterocycles. The van der Waals surface area contributed by atoms with Crippen molar-refractivity contribution in [3.8, 4) is 5.75 Å². The number of halogens is 1. The molecular formula is C23H26INO3. The Morgan fingerprint density at radius 2 is 1.79 bits per heavy atom. The second-order valence-electron chi connectivity index (χ2n) is 7.13. The maximum Gasteiger partial charge on any atom is 0.337 e. The number of carbonyl (C=O) groups is 1. The molecule has 148 valence electrons. The zero-order valence-electron chi connectivity index (χ0n) is 17.0. The van der Waals surface area contributed by atoms with Crippen molar-refractivity contribution < 1.29 is 42.8 Å². The van der Waals surface area contributed by atoms with Gasteiger partial charge in [0, 0.05) is 11.6 Å². The molecule has 0 aromatic heterocycles. The summed E-state index contributed by atoms with van der Waals surface area (Å²) in [7, 11) is 3.47. The minimum atomic E-state index is -0.322. The van der Waals surface area contributed by atoms with Gasteiger partial charge in [-0.25, -0.2) is 4.79 Å². The van der Waals surface area contributed by atoms with E-state index in [-0.39, 0.29) is 35.4 Å². The number of methoxy groups -OCH3 is 1. The first kappa shape index (κ1) is 22.1. The molecule has 3 rings (SSSR count). The van der Waals surface area contributed by atoms with Gasteiger partial charge in [-0.05, 0) is 56.7 Å². The van der Waals surface area contributed by atoms with Gasteiger partial charge in [-0.2, -0.15) is 4.58 Å². The molecule has 4 nitrogen and oxygen atoms in total. The summed E-state index contributed by atoms with van der Waals surface area (Å²) < 4.78 is 12.6. The second-order valence-corrected chi connectivity index (χ2v) is 7.13. The third kappa shape index (κ3) is 4.14. The predicted octanol–water partition coefficient (Wildman–Crippen LogP) is 1.60. The third-order valence-corrected chi connectivity index (χ3v) is 5.08. The molecule has 0 aliphatic carbocycles. The average molecular weight is 491 g/mol. The molecule has 0 saturated carbocycles. The molecule has 0 bridgehead atoms. The zero-order chi connectivity index (χ0) is 19.6. The summed E-state index contributed by atoms with van der Waals surface area (Å²) in [6, 6.07) is 13.7. The topological polar surface area (TPSA) is 38.5 Å². The largest absolute Gasteiger partial charge is 1.00 e. The van der Waals surface area contributed by atoms with Crippen molar-refractivity contribution in [2.45, 2.75) is 26.2 Å². The Hall–Kier alpha value is -2.15. The normalized spacial score (nSPS) is 14.6. The molecule has 0 unspecified atom stereocenters. The minimum Gasteiger partial charge on any atom is -1.00 e. The summed E-state index contributed by atoms with van der Waals surface area (Å²) in [5, 5.41) is 0. The molecule has 0 amide bonds. The summed E-state index contributed by atoms with van der Waals surface area (Å²) in [5.41, 5.74) is 5.16. The summed E-state index contributed by atoms with van der Waals surface area (Å²) in [5.74, 6) is 0.569. The monoisotopic (exact) mass is 491 g/mol. The smallest absolute Gasteiger partial charge is 0.337 e. The number of rotatable bonds is 5. The van der Waals surface area contributed by atoms with Crippen LogP contribution in [0.15, 0.2) is 48.5 Å². The van der Waals surface area contributed by atoms with E-state index in [0.29, 0.717) is 12.2 Å². The molecule has 2 aromatic carbocycles. The van der Waals surface area contributed by atoms with E-state index < -0.39 is 0 Å². The van der Waals surface area contributed by atoms with E-state index in [1.807, 2.05) is 25.1 Å². The highest BCUT2D eigenvalue weighted by atomic mass is 127. The van der Waals surface area contributed by atoms with Crippen LogP contribution in [0.1, 0.15) is 42.3 Å². The quantitative estimate of drug-likeness (QED) is 0.363. The van der Waals surface area contributed by atoms with Crippen LogP contribution in [0.25, 0.3) is 6.08 Å². The van der Waals surface area contributed by atoms with Gasteiger partial charge in [-0.15, -0.1) is 0 Å². The fourth-order valence-electron chi connectivity index (χ4n) is 3.60. The number of hydrogen-bond acceptors (Lipinski definition) is 3. The first-order valence-corrected chi connectivity index (χ1v) is 9.13. The fourth-order valence-corrected chi connectivity index (χ4v) is 3.60. The van der Waals surface area contributed by atoms with Crippen LogP contribution in [-0.2, 0) is 10.2 Å². The highest BCUT2D eigenvalue weighted by molar-refractivity contribution is 6.05. The van der Waals surface area contributed by atoms with E-state index in [0.717, 1.165) is 11.3 Å². The van der Waals surface area contributed by atoms with E-state index in [1.54, 1.807) is 12.1 Å². The average Bonchev–Trinajstić information content (AvgIpc) is 2.86. The Morgan fingerprint density at radius 1 is 1.11 bits per heavy atom. The zero-order valence-corrected chi connectivity index (χ0v) is 19.1. The Bertz CT molecular complexity index is 927.